The van der Waals surface area contributed by atoms with Crippen LogP contribution in [0.1, 0.15) is 0 Å². The lowest BCUT2D eigenvalue weighted by Gasteiger charge is -2.07. The molecular weight excluding hydrogens is 315 g/mol. The number of hydrogen-bond acceptors (Lipinski definition) is 3. The summed E-state index contributed by atoms with van der Waals surface area (Å²) in [5.41, 5.74) is 0.614. The summed E-state index contributed by atoms with van der Waals surface area (Å²) in [6.45, 7) is 0. The molecule has 0 radical (unpaired) electrons. The van der Waals surface area contributed by atoms with Gasteiger partial charge in [0.05, 0.1) is 0 Å². The standard InChI is InChI=1S/C14H10Cl2N2O3/c15-8-4-9(16)6-11(5-8)18-14(21)13(20)17-10-2-1-3-12(19)7-10/h1-7,19H,(H,17,20)(H,18,21). The Morgan fingerprint density at radius 2 is 1.43 bits per heavy atom. The van der Waals surface area contributed by atoms with E-state index in [2.05, 4.69) is 10.6 Å². The molecule has 2 rings (SSSR count). The van der Waals surface area contributed by atoms with Gasteiger partial charge in [0.1, 0.15) is 5.75 Å². The quantitative estimate of drug-likeness (QED) is 0.742. The molecule has 0 aliphatic rings. The van der Waals surface area contributed by atoms with Crippen LogP contribution in [0.25, 0.3) is 0 Å². The Labute approximate surface area is 130 Å². The van der Waals surface area contributed by atoms with Crippen LogP contribution in [0.4, 0.5) is 11.4 Å². The zero-order valence-electron chi connectivity index (χ0n) is 10.6. The summed E-state index contributed by atoms with van der Waals surface area (Å²) < 4.78 is 0. The van der Waals surface area contributed by atoms with Gasteiger partial charge in [-0.1, -0.05) is 29.3 Å². The fourth-order valence-electron chi connectivity index (χ4n) is 1.59. The van der Waals surface area contributed by atoms with Crippen LogP contribution in [0.2, 0.25) is 10.0 Å². The van der Waals surface area contributed by atoms with Gasteiger partial charge in [-0.25, -0.2) is 0 Å². The first-order chi connectivity index (χ1) is 9.94. The first-order valence-electron chi connectivity index (χ1n) is 5.81. The Hall–Kier alpha value is -2.24. The molecular formula is C14H10Cl2N2O3. The number of carbonyl (C=O) groups excluding carboxylic acids is 2. The molecule has 5 nitrogen and oxygen atoms in total. The number of phenols is 1. The Kier molecular flexibility index (Phi) is 4.67. The van der Waals surface area contributed by atoms with Crippen LogP contribution < -0.4 is 10.6 Å². The third kappa shape index (κ3) is 4.37. The zero-order chi connectivity index (χ0) is 15.4. The first-order valence-corrected chi connectivity index (χ1v) is 6.57. The number of rotatable bonds is 2. The second kappa shape index (κ2) is 6.47. The number of aromatic hydroxyl groups is 1. The smallest absolute Gasteiger partial charge is 0.314 e. The average Bonchev–Trinajstić information content (AvgIpc) is 2.37. The second-order valence-electron chi connectivity index (χ2n) is 4.12. The van der Waals surface area contributed by atoms with Gasteiger partial charge in [0.15, 0.2) is 0 Å². The van der Waals surface area contributed by atoms with Gasteiger partial charge >= 0.3 is 11.8 Å². The zero-order valence-corrected chi connectivity index (χ0v) is 12.1. The largest absolute Gasteiger partial charge is 0.508 e. The molecule has 2 amide bonds. The number of anilines is 2. The Morgan fingerprint density at radius 1 is 0.857 bits per heavy atom. The predicted octanol–water partition coefficient (Wildman–Crippen LogP) is 3.28. The molecule has 0 saturated heterocycles. The number of phenolic OH excluding ortho intramolecular Hbond substituents is 1. The molecule has 0 saturated carbocycles. The van der Waals surface area contributed by atoms with E-state index in [1.54, 1.807) is 12.1 Å². The van der Waals surface area contributed by atoms with Crippen LogP contribution in [-0.2, 0) is 9.59 Å². The van der Waals surface area contributed by atoms with E-state index in [-0.39, 0.29) is 5.75 Å². The fraction of sp³-hybridized carbons (Fsp3) is 0. The number of amides is 2. The van der Waals surface area contributed by atoms with Crippen LogP contribution in [0.3, 0.4) is 0 Å². The lowest BCUT2D eigenvalue weighted by Crippen LogP contribution is -2.29. The summed E-state index contributed by atoms with van der Waals surface area (Å²) in [6, 6.07) is 10.3. The second-order valence-corrected chi connectivity index (χ2v) is 4.99. The van der Waals surface area contributed by atoms with Crippen molar-refractivity contribution in [3.05, 3.63) is 52.5 Å². The molecule has 0 aliphatic carbocycles. The van der Waals surface area contributed by atoms with Crippen LogP contribution in [-0.4, -0.2) is 16.9 Å². The minimum Gasteiger partial charge on any atom is -0.508 e. The predicted molar refractivity (Wildman–Crippen MR) is 81.8 cm³/mol. The summed E-state index contributed by atoms with van der Waals surface area (Å²) in [6.07, 6.45) is 0. The summed E-state index contributed by atoms with van der Waals surface area (Å²) in [4.78, 5) is 23.5. The van der Waals surface area contributed by atoms with Gasteiger partial charge in [0, 0.05) is 27.5 Å². The van der Waals surface area contributed by atoms with Gasteiger partial charge in [-0.2, -0.15) is 0 Å². The average molecular weight is 325 g/mol. The van der Waals surface area contributed by atoms with Crippen LogP contribution >= 0.6 is 23.2 Å². The van der Waals surface area contributed by atoms with E-state index in [0.717, 1.165) is 0 Å². The molecule has 3 N–H and O–H groups in total. The Bertz CT molecular complexity index is 684. The van der Waals surface area contributed by atoms with Gasteiger partial charge in [0.25, 0.3) is 0 Å². The van der Waals surface area contributed by atoms with Gasteiger partial charge in [-0.05, 0) is 30.3 Å². The van der Waals surface area contributed by atoms with Crippen molar-refractivity contribution in [1.29, 1.82) is 0 Å². The maximum Gasteiger partial charge on any atom is 0.314 e. The summed E-state index contributed by atoms with van der Waals surface area (Å²) in [5, 5.41) is 14.7. The van der Waals surface area contributed by atoms with E-state index in [0.29, 0.717) is 21.4 Å². The number of carbonyl (C=O) groups is 2. The fourth-order valence-corrected chi connectivity index (χ4v) is 2.11. The molecule has 0 aromatic heterocycles. The van der Waals surface area contributed by atoms with E-state index >= 15 is 0 Å². The van der Waals surface area contributed by atoms with Gasteiger partial charge in [-0.15, -0.1) is 0 Å². The molecule has 0 heterocycles. The van der Waals surface area contributed by atoms with Crippen LogP contribution in [0.5, 0.6) is 5.75 Å². The monoisotopic (exact) mass is 324 g/mol. The highest BCUT2D eigenvalue weighted by molar-refractivity contribution is 6.44. The number of nitrogens with one attached hydrogen (secondary N) is 2. The minimum atomic E-state index is -0.878. The van der Waals surface area contributed by atoms with Crippen molar-refractivity contribution in [3.63, 3.8) is 0 Å². The van der Waals surface area contributed by atoms with Crippen molar-refractivity contribution in [2.45, 2.75) is 0 Å². The van der Waals surface area contributed by atoms with Crippen molar-refractivity contribution < 1.29 is 14.7 Å². The third-order valence-electron chi connectivity index (χ3n) is 2.43. The normalized spacial score (nSPS) is 10.0. The van der Waals surface area contributed by atoms with Crippen molar-refractivity contribution in [3.8, 4) is 5.75 Å². The van der Waals surface area contributed by atoms with Gasteiger partial charge in [0.2, 0.25) is 0 Å². The first kappa shape index (κ1) is 15.2. The number of benzene rings is 2. The highest BCUT2D eigenvalue weighted by atomic mass is 35.5. The lowest BCUT2D eigenvalue weighted by molar-refractivity contribution is -0.132. The minimum absolute atomic E-state index is 0.0187. The van der Waals surface area contributed by atoms with Gasteiger partial charge in [-0.3, -0.25) is 9.59 Å². The Balaban J connectivity index is 2.04. The van der Waals surface area contributed by atoms with E-state index in [9.17, 15) is 14.7 Å². The summed E-state index contributed by atoms with van der Waals surface area (Å²) in [5.74, 6) is -1.77. The van der Waals surface area contributed by atoms with Crippen LogP contribution in [0, 0.1) is 0 Å². The topological polar surface area (TPSA) is 78.4 Å². The molecule has 0 unspecified atom stereocenters. The molecule has 2 aromatic carbocycles. The lowest BCUT2D eigenvalue weighted by atomic mass is 10.3. The molecule has 0 spiro atoms. The van der Waals surface area contributed by atoms with E-state index < -0.39 is 11.8 Å². The maximum atomic E-state index is 11.8. The third-order valence-corrected chi connectivity index (χ3v) is 2.87. The number of hydrogen-bond donors (Lipinski definition) is 3. The van der Waals surface area contributed by atoms with Crippen molar-refractivity contribution in [2.24, 2.45) is 0 Å². The number of halogens is 2. The van der Waals surface area contributed by atoms with Crippen LogP contribution in [0.15, 0.2) is 42.5 Å². The Morgan fingerprint density at radius 3 is 2.00 bits per heavy atom. The molecule has 0 atom stereocenters. The van der Waals surface area contributed by atoms with E-state index in [1.165, 1.54) is 30.3 Å². The molecule has 21 heavy (non-hydrogen) atoms. The highest BCUT2D eigenvalue weighted by Gasteiger charge is 2.14. The molecule has 2 aromatic rings. The SMILES string of the molecule is O=C(Nc1cccc(O)c1)C(=O)Nc1cc(Cl)cc(Cl)c1. The van der Waals surface area contributed by atoms with Crippen molar-refractivity contribution in [2.75, 3.05) is 10.6 Å². The van der Waals surface area contributed by atoms with Crippen molar-refractivity contribution in [1.82, 2.24) is 0 Å². The summed E-state index contributed by atoms with van der Waals surface area (Å²) in [7, 11) is 0. The van der Waals surface area contributed by atoms with Gasteiger partial charge < -0.3 is 15.7 Å². The maximum absolute atomic E-state index is 11.8. The van der Waals surface area contributed by atoms with Crippen molar-refractivity contribution >= 4 is 46.4 Å². The van der Waals surface area contributed by atoms with E-state index in [4.69, 9.17) is 23.2 Å². The van der Waals surface area contributed by atoms with E-state index in [1.807, 2.05) is 0 Å². The summed E-state index contributed by atoms with van der Waals surface area (Å²) >= 11 is 11.6. The highest BCUT2D eigenvalue weighted by Crippen LogP contribution is 2.22. The molecule has 108 valence electrons. The molecule has 0 aliphatic heterocycles. The molecule has 0 bridgehead atoms. The molecule has 7 heteroatoms. The molecule has 0 fully saturated rings.